The molecule has 0 bridgehead atoms. The van der Waals surface area contributed by atoms with Gasteiger partial charge in [0.25, 0.3) is 5.91 Å². The van der Waals surface area contributed by atoms with Gasteiger partial charge in [-0.2, -0.15) is 0 Å². The van der Waals surface area contributed by atoms with Gasteiger partial charge < -0.3 is 20.8 Å². The Kier molecular flexibility index (Phi) is 5.55. The summed E-state index contributed by atoms with van der Waals surface area (Å²) in [5, 5.41) is 17.7. The molecular weight excluding hydrogens is 222 g/mol. The van der Waals surface area contributed by atoms with E-state index in [0.717, 1.165) is 5.56 Å². The van der Waals surface area contributed by atoms with Gasteiger partial charge in [-0.25, -0.2) is 0 Å². The molecule has 1 amide bonds. The van der Waals surface area contributed by atoms with Gasteiger partial charge in [0.05, 0.1) is 13.2 Å². The Morgan fingerprint density at radius 1 is 1.29 bits per heavy atom. The van der Waals surface area contributed by atoms with Crippen LogP contribution in [0, 0.1) is 0 Å². The van der Waals surface area contributed by atoms with E-state index in [1.54, 1.807) is 18.3 Å². The van der Waals surface area contributed by atoms with Crippen LogP contribution in [-0.4, -0.2) is 52.3 Å². The van der Waals surface area contributed by atoms with E-state index in [1.165, 1.54) is 4.90 Å². The molecule has 0 aliphatic rings. The summed E-state index contributed by atoms with van der Waals surface area (Å²) in [7, 11) is 0. The van der Waals surface area contributed by atoms with E-state index in [-0.39, 0.29) is 37.9 Å². The lowest BCUT2D eigenvalue weighted by atomic mass is 10.2. The molecule has 17 heavy (non-hydrogen) atoms. The fourth-order valence-corrected chi connectivity index (χ4v) is 1.39. The molecule has 1 rings (SSSR count). The standard InChI is InChI=1S/C11H17N3O3/c12-7-9-1-2-10(13-8-9)11(17)14(3-5-15)4-6-16/h1-2,8,15-16H,3-7,12H2. The van der Waals surface area contributed by atoms with Gasteiger partial charge in [0, 0.05) is 25.8 Å². The molecule has 0 aliphatic heterocycles. The van der Waals surface area contributed by atoms with Crippen LogP contribution in [0.15, 0.2) is 18.3 Å². The summed E-state index contributed by atoms with van der Waals surface area (Å²) in [6, 6.07) is 3.32. The van der Waals surface area contributed by atoms with Crippen molar-refractivity contribution in [1.29, 1.82) is 0 Å². The van der Waals surface area contributed by atoms with Crippen LogP contribution in [0.1, 0.15) is 16.1 Å². The number of pyridine rings is 1. The Labute approximate surface area is 99.7 Å². The maximum absolute atomic E-state index is 11.9. The number of nitrogens with two attached hydrogens (primary N) is 1. The molecule has 0 aromatic carbocycles. The lowest BCUT2D eigenvalue weighted by Crippen LogP contribution is -2.36. The molecule has 0 spiro atoms. The number of carbonyl (C=O) groups is 1. The van der Waals surface area contributed by atoms with Crippen molar-refractivity contribution in [3.63, 3.8) is 0 Å². The first-order valence-electron chi connectivity index (χ1n) is 5.39. The molecular formula is C11H17N3O3. The molecule has 6 nitrogen and oxygen atoms in total. The van der Waals surface area contributed by atoms with E-state index in [9.17, 15) is 4.79 Å². The summed E-state index contributed by atoms with van der Waals surface area (Å²) in [5.41, 5.74) is 6.56. The largest absolute Gasteiger partial charge is 0.395 e. The summed E-state index contributed by atoms with van der Waals surface area (Å²) in [5.74, 6) is -0.309. The van der Waals surface area contributed by atoms with Crippen LogP contribution in [0.4, 0.5) is 0 Å². The van der Waals surface area contributed by atoms with Crippen molar-refractivity contribution in [2.24, 2.45) is 5.73 Å². The summed E-state index contributed by atoms with van der Waals surface area (Å²) in [6.45, 7) is 0.442. The molecule has 0 atom stereocenters. The SMILES string of the molecule is NCc1ccc(C(=O)N(CCO)CCO)nc1. The lowest BCUT2D eigenvalue weighted by Gasteiger charge is -2.20. The quantitative estimate of drug-likeness (QED) is 0.589. The van der Waals surface area contributed by atoms with Crippen LogP contribution < -0.4 is 5.73 Å². The van der Waals surface area contributed by atoms with Gasteiger partial charge in [-0.3, -0.25) is 9.78 Å². The smallest absolute Gasteiger partial charge is 0.272 e. The molecule has 1 heterocycles. The van der Waals surface area contributed by atoms with Crippen LogP contribution in [0.2, 0.25) is 0 Å². The normalized spacial score (nSPS) is 10.3. The average molecular weight is 239 g/mol. The number of hydrogen-bond acceptors (Lipinski definition) is 5. The maximum Gasteiger partial charge on any atom is 0.272 e. The van der Waals surface area contributed by atoms with Crippen LogP contribution in [-0.2, 0) is 6.54 Å². The second kappa shape index (κ2) is 6.95. The number of amides is 1. The predicted octanol–water partition coefficient (Wildman–Crippen LogP) is -1.03. The van der Waals surface area contributed by atoms with Crippen LogP contribution >= 0.6 is 0 Å². The van der Waals surface area contributed by atoms with Gasteiger partial charge >= 0.3 is 0 Å². The molecule has 1 aromatic rings. The summed E-state index contributed by atoms with van der Waals surface area (Å²) in [4.78, 5) is 17.3. The number of rotatable bonds is 6. The third-order valence-electron chi connectivity index (χ3n) is 2.31. The fraction of sp³-hybridized carbons (Fsp3) is 0.455. The Morgan fingerprint density at radius 2 is 1.94 bits per heavy atom. The highest BCUT2D eigenvalue weighted by Crippen LogP contribution is 2.03. The lowest BCUT2D eigenvalue weighted by molar-refractivity contribution is 0.0679. The molecule has 0 fully saturated rings. The molecule has 0 aliphatic carbocycles. The molecule has 1 aromatic heterocycles. The van der Waals surface area contributed by atoms with E-state index in [2.05, 4.69) is 4.98 Å². The number of aromatic nitrogens is 1. The average Bonchev–Trinajstić information content (AvgIpc) is 2.38. The highest BCUT2D eigenvalue weighted by Gasteiger charge is 2.15. The zero-order chi connectivity index (χ0) is 12.7. The van der Waals surface area contributed by atoms with Crippen molar-refractivity contribution in [2.45, 2.75) is 6.54 Å². The monoisotopic (exact) mass is 239 g/mol. The zero-order valence-electron chi connectivity index (χ0n) is 9.54. The maximum atomic E-state index is 11.9. The molecule has 0 unspecified atom stereocenters. The van der Waals surface area contributed by atoms with Gasteiger partial charge in [-0.1, -0.05) is 6.07 Å². The van der Waals surface area contributed by atoms with E-state index in [4.69, 9.17) is 15.9 Å². The van der Waals surface area contributed by atoms with Gasteiger partial charge in [0.1, 0.15) is 5.69 Å². The first-order chi connectivity index (χ1) is 8.22. The van der Waals surface area contributed by atoms with Crippen molar-refractivity contribution in [2.75, 3.05) is 26.3 Å². The Bertz CT molecular complexity index is 347. The van der Waals surface area contributed by atoms with Crippen LogP contribution in [0.5, 0.6) is 0 Å². The van der Waals surface area contributed by atoms with Gasteiger partial charge in [-0.15, -0.1) is 0 Å². The summed E-state index contributed by atoms with van der Waals surface area (Å²) in [6.07, 6.45) is 1.54. The third kappa shape index (κ3) is 3.77. The van der Waals surface area contributed by atoms with Gasteiger partial charge in [-0.05, 0) is 11.6 Å². The Hall–Kier alpha value is -1.50. The first-order valence-corrected chi connectivity index (χ1v) is 5.39. The molecule has 4 N–H and O–H groups in total. The number of carbonyl (C=O) groups excluding carboxylic acids is 1. The van der Waals surface area contributed by atoms with E-state index in [0.29, 0.717) is 6.54 Å². The minimum absolute atomic E-state index is 0.146. The highest BCUT2D eigenvalue weighted by atomic mass is 16.3. The topological polar surface area (TPSA) is 99.7 Å². The van der Waals surface area contributed by atoms with E-state index in [1.807, 2.05) is 0 Å². The summed E-state index contributed by atoms with van der Waals surface area (Å²) < 4.78 is 0. The Morgan fingerprint density at radius 3 is 2.35 bits per heavy atom. The second-order valence-corrected chi connectivity index (χ2v) is 3.50. The van der Waals surface area contributed by atoms with Crippen molar-refractivity contribution in [1.82, 2.24) is 9.88 Å². The van der Waals surface area contributed by atoms with Crippen molar-refractivity contribution < 1.29 is 15.0 Å². The first kappa shape index (κ1) is 13.6. The fourth-order valence-electron chi connectivity index (χ4n) is 1.39. The summed E-state index contributed by atoms with van der Waals surface area (Å²) >= 11 is 0. The van der Waals surface area contributed by atoms with Crippen LogP contribution in [0.3, 0.4) is 0 Å². The molecule has 6 heteroatoms. The molecule has 0 saturated heterocycles. The van der Waals surface area contributed by atoms with Crippen molar-refractivity contribution in [3.8, 4) is 0 Å². The minimum atomic E-state index is -0.309. The number of nitrogens with zero attached hydrogens (tertiary/aromatic N) is 2. The number of hydrogen-bond donors (Lipinski definition) is 3. The van der Waals surface area contributed by atoms with E-state index < -0.39 is 0 Å². The van der Waals surface area contributed by atoms with Crippen molar-refractivity contribution in [3.05, 3.63) is 29.6 Å². The Balaban J connectivity index is 2.77. The third-order valence-corrected chi connectivity index (χ3v) is 2.31. The molecule has 0 saturated carbocycles. The predicted molar refractivity (Wildman–Crippen MR) is 62.2 cm³/mol. The second-order valence-electron chi connectivity index (χ2n) is 3.50. The number of aliphatic hydroxyl groups is 2. The molecule has 94 valence electrons. The minimum Gasteiger partial charge on any atom is -0.395 e. The molecule has 0 radical (unpaired) electrons. The van der Waals surface area contributed by atoms with E-state index >= 15 is 0 Å². The number of aliphatic hydroxyl groups excluding tert-OH is 2. The van der Waals surface area contributed by atoms with Gasteiger partial charge in [0.15, 0.2) is 0 Å². The van der Waals surface area contributed by atoms with Gasteiger partial charge in [0.2, 0.25) is 0 Å². The zero-order valence-corrected chi connectivity index (χ0v) is 9.54. The van der Waals surface area contributed by atoms with Crippen molar-refractivity contribution >= 4 is 5.91 Å². The van der Waals surface area contributed by atoms with Crippen LogP contribution in [0.25, 0.3) is 0 Å². The highest BCUT2D eigenvalue weighted by molar-refractivity contribution is 5.92.